The number of hydrogen-bond acceptors (Lipinski definition) is 4. The molecule has 1 atom stereocenters. The fraction of sp³-hybridized carbons (Fsp3) is 0.250. The predicted octanol–water partition coefficient (Wildman–Crippen LogP) is 1.96. The first-order chi connectivity index (χ1) is 8.54. The van der Waals surface area contributed by atoms with E-state index in [2.05, 4.69) is 10.3 Å². The van der Waals surface area contributed by atoms with Gasteiger partial charge in [0.15, 0.2) is 5.17 Å². The lowest BCUT2D eigenvalue weighted by atomic mass is 10.2. The van der Waals surface area contributed by atoms with Crippen LogP contribution in [0.2, 0.25) is 0 Å². The van der Waals surface area contributed by atoms with Gasteiger partial charge in [-0.15, -0.1) is 0 Å². The predicted molar refractivity (Wildman–Crippen MR) is 68.0 cm³/mol. The van der Waals surface area contributed by atoms with E-state index >= 15 is 0 Å². The Morgan fingerprint density at radius 2 is 2.11 bits per heavy atom. The number of amides is 1. The zero-order valence-electron chi connectivity index (χ0n) is 9.64. The van der Waals surface area contributed by atoms with Crippen LogP contribution < -0.4 is 5.32 Å². The second kappa shape index (κ2) is 5.30. The molecule has 1 aliphatic heterocycles. The van der Waals surface area contributed by atoms with E-state index in [1.165, 1.54) is 24.3 Å². The van der Waals surface area contributed by atoms with E-state index < -0.39 is 5.82 Å². The SMILES string of the molecule is C[C@H]1CC(=O)NC(SC(=O)c2ccc(F)cc2)=N1. The number of thioether (sulfide) groups is 1. The molecule has 0 saturated heterocycles. The number of nitrogens with one attached hydrogen (secondary N) is 1. The minimum Gasteiger partial charge on any atom is -0.305 e. The van der Waals surface area contributed by atoms with Crippen LogP contribution >= 0.6 is 11.8 Å². The molecule has 2 rings (SSSR count). The number of carbonyl (C=O) groups excluding carboxylic acids is 2. The van der Waals surface area contributed by atoms with Crippen molar-refractivity contribution in [2.75, 3.05) is 0 Å². The minimum atomic E-state index is -0.395. The molecule has 1 aromatic carbocycles. The molecule has 94 valence electrons. The van der Waals surface area contributed by atoms with Crippen molar-refractivity contribution in [3.8, 4) is 0 Å². The number of amidine groups is 1. The normalized spacial score (nSPS) is 19.1. The summed E-state index contributed by atoms with van der Waals surface area (Å²) in [5, 5.41) is 2.56. The second-order valence-corrected chi connectivity index (χ2v) is 4.89. The van der Waals surface area contributed by atoms with Crippen molar-refractivity contribution in [1.29, 1.82) is 0 Å². The van der Waals surface area contributed by atoms with Crippen LogP contribution in [0, 0.1) is 5.82 Å². The molecule has 6 heteroatoms. The highest BCUT2D eigenvalue weighted by atomic mass is 32.2. The van der Waals surface area contributed by atoms with Gasteiger partial charge in [0, 0.05) is 12.0 Å². The van der Waals surface area contributed by atoms with Crippen molar-refractivity contribution in [2.45, 2.75) is 19.4 Å². The molecular weight excluding hydrogens is 255 g/mol. The summed E-state index contributed by atoms with van der Waals surface area (Å²) in [5.41, 5.74) is 0.372. The molecule has 0 bridgehead atoms. The van der Waals surface area contributed by atoms with Gasteiger partial charge in [0.05, 0.1) is 6.04 Å². The third-order valence-electron chi connectivity index (χ3n) is 2.33. The lowest BCUT2D eigenvalue weighted by Crippen LogP contribution is -2.36. The Bertz CT molecular complexity index is 513. The number of benzene rings is 1. The van der Waals surface area contributed by atoms with Crippen LogP contribution in [0.25, 0.3) is 0 Å². The third-order valence-corrected chi connectivity index (χ3v) is 3.16. The van der Waals surface area contributed by atoms with Gasteiger partial charge in [0.25, 0.3) is 0 Å². The molecule has 0 unspecified atom stereocenters. The lowest BCUT2D eigenvalue weighted by molar-refractivity contribution is -0.120. The maximum Gasteiger partial charge on any atom is 0.228 e. The monoisotopic (exact) mass is 266 g/mol. The molecule has 0 radical (unpaired) electrons. The van der Waals surface area contributed by atoms with Crippen molar-refractivity contribution in [3.05, 3.63) is 35.6 Å². The maximum absolute atomic E-state index is 12.7. The number of carbonyl (C=O) groups is 2. The summed E-state index contributed by atoms with van der Waals surface area (Å²) in [5.74, 6) is -0.541. The Morgan fingerprint density at radius 3 is 2.72 bits per heavy atom. The summed E-state index contributed by atoms with van der Waals surface area (Å²) >= 11 is 0.844. The van der Waals surface area contributed by atoms with Crippen molar-refractivity contribution in [3.63, 3.8) is 0 Å². The number of halogens is 1. The second-order valence-electron chi connectivity index (χ2n) is 3.93. The van der Waals surface area contributed by atoms with Crippen LogP contribution in [0.4, 0.5) is 4.39 Å². The maximum atomic E-state index is 12.7. The largest absolute Gasteiger partial charge is 0.305 e. The van der Waals surface area contributed by atoms with Crippen LogP contribution in [0.3, 0.4) is 0 Å². The van der Waals surface area contributed by atoms with Gasteiger partial charge in [-0.2, -0.15) is 0 Å². The summed E-state index contributed by atoms with van der Waals surface area (Å²) in [4.78, 5) is 27.3. The molecule has 0 fully saturated rings. The fourth-order valence-corrected chi connectivity index (χ4v) is 2.33. The topological polar surface area (TPSA) is 58.5 Å². The Balaban J connectivity index is 2.07. The zero-order chi connectivity index (χ0) is 13.1. The highest BCUT2D eigenvalue weighted by molar-refractivity contribution is 8.26. The van der Waals surface area contributed by atoms with Crippen LogP contribution in [0.15, 0.2) is 29.3 Å². The highest BCUT2D eigenvalue weighted by Gasteiger charge is 2.20. The Morgan fingerprint density at radius 1 is 1.44 bits per heavy atom. The van der Waals surface area contributed by atoms with Gasteiger partial charge in [-0.05, 0) is 43.0 Å². The molecule has 18 heavy (non-hydrogen) atoms. The molecule has 1 aliphatic rings. The molecule has 0 spiro atoms. The van der Waals surface area contributed by atoms with E-state index in [0.717, 1.165) is 11.8 Å². The average molecular weight is 266 g/mol. The number of hydrogen-bond donors (Lipinski definition) is 1. The van der Waals surface area contributed by atoms with Gasteiger partial charge in [0.1, 0.15) is 5.82 Å². The van der Waals surface area contributed by atoms with Crippen molar-refractivity contribution in [2.24, 2.45) is 4.99 Å². The molecule has 1 heterocycles. The standard InChI is InChI=1S/C12H11FN2O2S/c1-7-6-10(16)15-12(14-7)18-11(17)8-2-4-9(13)5-3-8/h2-5,7H,6H2,1H3,(H,14,15,16)/t7-/m0/s1. The molecular formula is C12H11FN2O2S. The first-order valence-electron chi connectivity index (χ1n) is 5.40. The molecule has 0 saturated carbocycles. The third kappa shape index (κ3) is 3.16. The molecule has 1 aromatic rings. The van der Waals surface area contributed by atoms with Gasteiger partial charge in [-0.1, -0.05) is 0 Å². The van der Waals surface area contributed by atoms with Gasteiger partial charge < -0.3 is 5.32 Å². The summed E-state index contributed by atoms with van der Waals surface area (Å²) in [7, 11) is 0. The van der Waals surface area contributed by atoms with E-state index in [9.17, 15) is 14.0 Å². The van der Waals surface area contributed by atoms with E-state index in [1.54, 1.807) is 0 Å². The van der Waals surface area contributed by atoms with Crippen molar-refractivity contribution < 1.29 is 14.0 Å². The summed E-state index contributed by atoms with van der Waals surface area (Å²) in [6.07, 6.45) is 0.328. The number of rotatable bonds is 1. The first-order valence-corrected chi connectivity index (χ1v) is 6.21. The highest BCUT2D eigenvalue weighted by Crippen LogP contribution is 2.17. The minimum absolute atomic E-state index is 0.123. The van der Waals surface area contributed by atoms with E-state index in [4.69, 9.17) is 0 Å². The van der Waals surface area contributed by atoms with Crippen LogP contribution in [-0.2, 0) is 4.79 Å². The van der Waals surface area contributed by atoms with Crippen LogP contribution in [-0.4, -0.2) is 22.2 Å². The number of nitrogens with zero attached hydrogens (tertiary/aromatic N) is 1. The average Bonchev–Trinajstić information content (AvgIpc) is 2.28. The smallest absolute Gasteiger partial charge is 0.228 e. The summed E-state index contributed by atoms with van der Waals surface area (Å²) < 4.78 is 12.7. The van der Waals surface area contributed by atoms with E-state index in [0.29, 0.717) is 17.2 Å². The quantitative estimate of drug-likeness (QED) is 0.845. The van der Waals surface area contributed by atoms with Crippen LogP contribution in [0.5, 0.6) is 0 Å². The van der Waals surface area contributed by atoms with E-state index in [1.807, 2.05) is 6.92 Å². The Labute approximate surface area is 108 Å². The summed E-state index contributed by atoms with van der Waals surface area (Å²) in [6, 6.07) is 5.12. The van der Waals surface area contributed by atoms with Crippen LogP contribution in [0.1, 0.15) is 23.7 Å². The Kier molecular flexibility index (Phi) is 3.76. The fourth-order valence-electron chi connectivity index (χ4n) is 1.50. The van der Waals surface area contributed by atoms with Gasteiger partial charge >= 0.3 is 0 Å². The molecule has 0 aromatic heterocycles. The lowest BCUT2D eigenvalue weighted by Gasteiger charge is -2.16. The van der Waals surface area contributed by atoms with Gasteiger partial charge in [-0.25, -0.2) is 4.39 Å². The Hall–Kier alpha value is -1.69. The molecule has 4 nitrogen and oxygen atoms in total. The van der Waals surface area contributed by atoms with Gasteiger partial charge in [-0.3, -0.25) is 14.6 Å². The first kappa shape index (κ1) is 12.8. The van der Waals surface area contributed by atoms with Gasteiger partial charge in [0.2, 0.25) is 11.0 Å². The van der Waals surface area contributed by atoms with E-state index in [-0.39, 0.29) is 17.1 Å². The molecule has 1 N–H and O–H groups in total. The number of aliphatic imine (C=N–C) groups is 1. The molecule has 0 aliphatic carbocycles. The van der Waals surface area contributed by atoms with Crippen molar-refractivity contribution in [1.82, 2.24) is 5.32 Å². The van der Waals surface area contributed by atoms with Crippen molar-refractivity contribution >= 4 is 28.0 Å². The summed E-state index contributed by atoms with van der Waals surface area (Å²) in [6.45, 7) is 1.81. The molecule has 1 amide bonds. The zero-order valence-corrected chi connectivity index (χ0v) is 10.5.